The van der Waals surface area contributed by atoms with Gasteiger partial charge in [0.2, 0.25) is 5.91 Å². The highest BCUT2D eigenvalue weighted by Crippen LogP contribution is 1.98. The predicted octanol–water partition coefficient (Wildman–Crippen LogP) is -0.0571. The van der Waals surface area contributed by atoms with Crippen LogP contribution in [0.4, 0.5) is 4.79 Å². The number of amides is 3. The summed E-state index contributed by atoms with van der Waals surface area (Å²) in [5.41, 5.74) is -0.344. The summed E-state index contributed by atoms with van der Waals surface area (Å²) in [7, 11) is 0. The Morgan fingerprint density at radius 1 is 1.24 bits per heavy atom. The molecule has 0 radical (unpaired) electrons. The Bertz CT molecular complexity index is 280. The first-order valence-corrected chi connectivity index (χ1v) is 5.79. The molecule has 1 aliphatic rings. The normalized spacial score (nSPS) is 17.6. The lowest BCUT2D eigenvalue weighted by Gasteiger charge is -2.26. The summed E-state index contributed by atoms with van der Waals surface area (Å²) in [6.07, 6.45) is 0. The third-order valence-electron chi connectivity index (χ3n) is 2.21. The third-order valence-corrected chi connectivity index (χ3v) is 2.21. The molecular weight excluding hydrogens is 222 g/mol. The molecule has 1 rings (SSSR count). The largest absolute Gasteiger partial charge is 0.379 e. The highest BCUT2D eigenvalue weighted by molar-refractivity contribution is 5.95. The van der Waals surface area contributed by atoms with Crippen LogP contribution in [0.5, 0.6) is 0 Å². The van der Waals surface area contributed by atoms with Gasteiger partial charge in [-0.25, -0.2) is 4.79 Å². The Kier molecular flexibility index (Phi) is 4.89. The van der Waals surface area contributed by atoms with E-state index in [9.17, 15) is 9.59 Å². The van der Waals surface area contributed by atoms with Gasteiger partial charge in [0.1, 0.15) is 0 Å². The lowest BCUT2D eigenvalue weighted by Crippen LogP contribution is -2.51. The second kappa shape index (κ2) is 5.97. The number of morpholine rings is 1. The van der Waals surface area contributed by atoms with E-state index in [-0.39, 0.29) is 18.0 Å². The zero-order chi connectivity index (χ0) is 12.9. The molecule has 6 nitrogen and oxygen atoms in total. The van der Waals surface area contributed by atoms with E-state index in [1.165, 1.54) is 0 Å². The van der Waals surface area contributed by atoms with Crippen molar-refractivity contribution < 1.29 is 14.3 Å². The summed E-state index contributed by atoms with van der Waals surface area (Å²) in [4.78, 5) is 24.9. The van der Waals surface area contributed by atoms with Crippen molar-refractivity contribution in [2.75, 3.05) is 32.8 Å². The van der Waals surface area contributed by atoms with E-state index < -0.39 is 6.03 Å². The number of imide groups is 1. The van der Waals surface area contributed by atoms with Gasteiger partial charge in [-0.2, -0.15) is 0 Å². The summed E-state index contributed by atoms with van der Waals surface area (Å²) < 4.78 is 5.18. The number of carbonyl (C=O) groups excluding carboxylic acids is 2. The van der Waals surface area contributed by atoms with Crippen LogP contribution in [0.15, 0.2) is 0 Å². The SMILES string of the molecule is CC(C)(C)NC(=O)NC(=O)CN1CCOCC1. The van der Waals surface area contributed by atoms with Gasteiger partial charge in [0.15, 0.2) is 0 Å². The molecule has 0 spiro atoms. The fraction of sp³-hybridized carbons (Fsp3) is 0.818. The fourth-order valence-electron chi connectivity index (χ4n) is 1.50. The van der Waals surface area contributed by atoms with E-state index in [4.69, 9.17) is 4.74 Å². The molecule has 0 aliphatic carbocycles. The van der Waals surface area contributed by atoms with Crippen molar-refractivity contribution in [3.63, 3.8) is 0 Å². The molecule has 98 valence electrons. The number of rotatable bonds is 2. The van der Waals surface area contributed by atoms with Crippen molar-refractivity contribution in [2.45, 2.75) is 26.3 Å². The lowest BCUT2D eigenvalue weighted by atomic mass is 10.1. The summed E-state index contributed by atoms with van der Waals surface area (Å²) in [5.74, 6) is -0.284. The van der Waals surface area contributed by atoms with Crippen LogP contribution in [0, 0.1) is 0 Å². The Labute approximate surface area is 102 Å². The van der Waals surface area contributed by atoms with Gasteiger partial charge in [-0.05, 0) is 20.8 Å². The Hall–Kier alpha value is -1.14. The van der Waals surface area contributed by atoms with Crippen molar-refractivity contribution in [3.05, 3.63) is 0 Å². The van der Waals surface area contributed by atoms with Crippen molar-refractivity contribution in [1.82, 2.24) is 15.5 Å². The predicted molar refractivity (Wildman–Crippen MR) is 63.7 cm³/mol. The first-order chi connectivity index (χ1) is 7.87. The van der Waals surface area contributed by atoms with Gasteiger partial charge in [-0.3, -0.25) is 15.0 Å². The summed E-state index contributed by atoms with van der Waals surface area (Å²) in [6, 6.07) is -0.448. The zero-order valence-electron chi connectivity index (χ0n) is 10.7. The molecule has 6 heteroatoms. The van der Waals surface area contributed by atoms with Crippen molar-refractivity contribution in [1.29, 1.82) is 0 Å². The highest BCUT2D eigenvalue weighted by atomic mass is 16.5. The van der Waals surface area contributed by atoms with Gasteiger partial charge in [0.25, 0.3) is 0 Å². The molecule has 3 amide bonds. The van der Waals surface area contributed by atoms with Gasteiger partial charge in [0.05, 0.1) is 19.8 Å². The minimum Gasteiger partial charge on any atom is -0.379 e. The number of nitrogens with one attached hydrogen (secondary N) is 2. The number of carbonyl (C=O) groups is 2. The number of nitrogens with zero attached hydrogens (tertiary/aromatic N) is 1. The van der Waals surface area contributed by atoms with Gasteiger partial charge in [0, 0.05) is 18.6 Å². The molecule has 2 N–H and O–H groups in total. The first kappa shape index (κ1) is 13.9. The van der Waals surface area contributed by atoms with E-state index in [0.29, 0.717) is 13.2 Å². The quantitative estimate of drug-likeness (QED) is 0.713. The third kappa shape index (κ3) is 6.23. The van der Waals surface area contributed by atoms with Crippen molar-refractivity contribution in [2.24, 2.45) is 0 Å². The van der Waals surface area contributed by atoms with Crippen LogP contribution >= 0.6 is 0 Å². The average Bonchev–Trinajstić information content (AvgIpc) is 2.15. The maximum Gasteiger partial charge on any atom is 0.321 e. The Morgan fingerprint density at radius 3 is 2.35 bits per heavy atom. The molecule has 1 fully saturated rings. The van der Waals surface area contributed by atoms with Crippen LogP contribution in [-0.2, 0) is 9.53 Å². The number of ether oxygens (including phenoxy) is 1. The molecule has 1 aliphatic heterocycles. The van der Waals surface area contributed by atoms with Crippen LogP contribution in [0.1, 0.15) is 20.8 Å². The molecule has 0 aromatic carbocycles. The van der Waals surface area contributed by atoms with Crippen LogP contribution in [0.3, 0.4) is 0 Å². The van der Waals surface area contributed by atoms with E-state index in [0.717, 1.165) is 13.1 Å². The maximum atomic E-state index is 11.6. The second-order valence-corrected chi connectivity index (χ2v) is 5.14. The molecule has 0 unspecified atom stereocenters. The summed E-state index contributed by atoms with van der Waals surface area (Å²) in [6.45, 7) is 8.56. The van der Waals surface area contributed by atoms with E-state index in [1.807, 2.05) is 25.7 Å². The van der Waals surface area contributed by atoms with Crippen molar-refractivity contribution >= 4 is 11.9 Å². The zero-order valence-corrected chi connectivity index (χ0v) is 10.7. The highest BCUT2D eigenvalue weighted by Gasteiger charge is 2.18. The number of urea groups is 1. The van der Waals surface area contributed by atoms with Gasteiger partial charge >= 0.3 is 6.03 Å². The smallest absolute Gasteiger partial charge is 0.321 e. The Morgan fingerprint density at radius 2 is 1.82 bits per heavy atom. The minimum absolute atomic E-state index is 0.237. The fourth-order valence-corrected chi connectivity index (χ4v) is 1.50. The summed E-state index contributed by atoms with van der Waals surface area (Å²) in [5, 5.41) is 4.99. The molecule has 0 bridgehead atoms. The molecule has 0 aromatic heterocycles. The summed E-state index contributed by atoms with van der Waals surface area (Å²) >= 11 is 0. The van der Waals surface area contributed by atoms with Crippen LogP contribution in [-0.4, -0.2) is 55.2 Å². The van der Waals surface area contributed by atoms with E-state index in [2.05, 4.69) is 10.6 Å². The van der Waals surface area contributed by atoms with Crippen LogP contribution in [0.2, 0.25) is 0 Å². The Balaban J connectivity index is 2.26. The number of hydrogen-bond acceptors (Lipinski definition) is 4. The molecule has 1 saturated heterocycles. The van der Waals surface area contributed by atoms with E-state index in [1.54, 1.807) is 0 Å². The molecule has 0 aromatic rings. The van der Waals surface area contributed by atoms with Gasteiger partial charge in [-0.15, -0.1) is 0 Å². The molecule has 1 heterocycles. The van der Waals surface area contributed by atoms with Crippen LogP contribution < -0.4 is 10.6 Å². The molecular formula is C11H21N3O3. The maximum absolute atomic E-state index is 11.6. The standard InChI is InChI=1S/C11H21N3O3/c1-11(2,3)13-10(16)12-9(15)8-14-4-6-17-7-5-14/h4-8H2,1-3H3,(H2,12,13,15,16). The monoisotopic (exact) mass is 243 g/mol. The van der Waals surface area contributed by atoms with Crippen LogP contribution in [0.25, 0.3) is 0 Å². The molecule has 0 saturated carbocycles. The minimum atomic E-state index is -0.448. The molecule has 17 heavy (non-hydrogen) atoms. The topological polar surface area (TPSA) is 70.7 Å². The van der Waals surface area contributed by atoms with Crippen molar-refractivity contribution in [3.8, 4) is 0 Å². The average molecular weight is 243 g/mol. The number of hydrogen-bond donors (Lipinski definition) is 2. The lowest BCUT2D eigenvalue weighted by molar-refractivity contribution is -0.122. The molecule has 0 atom stereocenters. The van der Waals surface area contributed by atoms with E-state index >= 15 is 0 Å². The van der Waals surface area contributed by atoms with Gasteiger partial charge < -0.3 is 10.1 Å². The van der Waals surface area contributed by atoms with Gasteiger partial charge in [-0.1, -0.05) is 0 Å². The second-order valence-electron chi connectivity index (χ2n) is 5.14. The first-order valence-electron chi connectivity index (χ1n) is 5.79.